The van der Waals surface area contributed by atoms with E-state index in [4.69, 9.17) is 9.15 Å². The number of ether oxygens (including phenoxy) is 1. The molecule has 26 heavy (non-hydrogen) atoms. The van der Waals surface area contributed by atoms with Gasteiger partial charge in [0.2, 0.25) is 0 Å². The second-order valence-corrected chi connectivity index (χ2v) is 5.99. The molecule has 2 aromatic carbocycles. The Hall–Kier alpha value is -3.54. The van der Waals surface area contributed by atoms with Crippen molar-refractivity contribution in [3.63, 3.8) is 0 Å². The maximum Gasteiger partial charge on any atom is 0.343 e. The van der Waals surface area contributed by atoms with Crippen molar-refractivity contribution in [1.29, 1.82) is 0 Å². The van der Waals surface area contributed by atoms with E-state index in [0.29, 0.717) is 16.7 Å². The fourth-order valence-corrected chi connectivity index (χ4v) is 2.99. The molecule has 2 heterocycles. The van der Waals surface area contributed by atoms with Crippen molar-refractivity contribution in [3.8, 4) is 11.5 Å². The number of aliphatic hydroxyl groups is 1. The van der Waals surface area contributed by atoms with Gasteiger partial charge >= 0.3 is 11.6 Å². The lowest BCUT2D eigenvalue weighted by Crippen LogP contribution is -2.17. The SMILES string of the molecule is O=C1Oc2ccccc2CC(O)=C1Cc1c(O)c2ccccc2oc1=O. The number of aliphatic hydroxyl groups excluding tert-OH is 1. The number of aromatic hydroxyl groups is 1. The third-order valence-corrected chi connectivity index (χ3v) is 4.36. The van der Waals surface area contributed by atoms with E-state index in [9.17, 15) is 19.8 Å². The first-order valence-electron chi connectivity index (χ1n) is 7.99. The summed E-state index contributed by atoms with van der Waals surface area (Å²) in [5.41, 5.74) is -0.0563. The van der Waals surface area contributed by atoms with Gasteiger partial charge in [-0.15, -0.1) is 0 Å². The first-order valence-corrected chi connectivity index (χ1v) is 7.99. The normalized spacial score (nSPS) is 14.1. The molecule has 1 aliphatic rings. The molecule has 0 radical (unpaired) electrons. The molecule has 0 spiro atoms. The number of benzene rings is 2. The van der Waals surface area contributed by atoms with Gasteiger partial charge in [0.1, 0.15) is 22.8 Å². The number of rotatable bonds is 2. The fourth-order valence-electron chi connectivity index (χ4n) is 2.99. The molecule has 6 nitrogen and oxygen atoms in total. The van der Waals surface area contributed by atoms with Crippen LogP contribution in [0.5, 0.6) is 11.5 Å². The number of carbonyl (C=O) groups excluding carboxylic acids is 1. The molecule has 1 aliphatic heterocycles. The molecule has 3 aromatic rings. The summed E-state index contributed by atoms with van der Waals surface area (Å²) in [4.78, 5) is 24.7. The Balaban J connectivity index is 1.79. The minimum Gasteiger partial charge on any atom is -0.511 e. The van der Waals surface area contributed by atoms with Crippen LogP contribution in [-0.2, 0) is 17.6 Å². The highest BCUT2D eigenvalue weighted by molar-refractivity contribution is 5.93. The standard InChI is InChI=1S/C20H14O6/c21-15-9-11-5-1-3-7-16(11)25-19(23)13(15)10-14-18(22)12-6-2-4-8-17(12)26-20(14)24/h1-8,21-22H,9-10H2. The zero-order chi connectivity index (χ0) is 18.3. The summed E-state index contributed by atoms with van der Waals surface area (Å²) in [5.74, 6) is -0.883. The van der Waals surface area contributed by atoms with E-state index in [1.807, 2.05) is 0 Å². The molecule has 4 rings (SSSR count). The summed E-state index contributed by atoms with van der Waals surface area (Å²) in [6.45, 7) is 0. The maximum absolute atomic E-state index is 12.4. The molecule has 0 saturated heterocycles. The van der Waals surface area contributed by atoms with Crippen LogP contribution in [0.25, 0.3) is 11.0 Å². The van der Waals surface area contributed by atoms with Crippen LogP contribution in [0.1, 0.15) is 11.1 Å². The second kappa shape index (κ2) is 6.07. The quantitative estimate of drug-likeness (QED) is 0.419. The molecule has 2 N–H and O–H groups in total. The minimum atomic E-state index is -0.768. The summed E-state index contributed by atoms with van der Waals surface area (Å²) >= 11 is 0. The molecular formula is C20H14O6. The van der Waals surface area contributed by atoms with Crippen LogP contribution in [0.15, 0.2) is 69.1 Å². The molecule has 0 saturated carbocycles. The Kier molecular flexibility index (Phi) is 3.73. The monoisotopic (exact) mass is 350 g/mol. The van der Waals surface area contributed by atoms with Gasteiger partial charge in [0.05, 0.1) is 16.5 Å². The van der Waals surface area contributed by atoms with E-state index in [1.165, 1.54) is 0 Å². The number of allylic oxidation sites excluding steroid dienone is 1. The van der Waals surface area contributed by atoms with Gasteiger partial charge in [0.15, 0.2) is 0 Å². The van der Waals surface area contributed by atoms with Crippen molar-refractivity contribution in [3.05, 3.63) is 81.4 Å². The second-order valence-electron chi connectivity index (χ2n) is 5.99. The zero-order valence-corrected chi connectivity index (χ0v) is 13.6. The molecule has 0 atom stereocenters. The number of esters is 1. The van der Waals surface area contributed by atoms with Gasteiger partial charge in [0, 0.05) is 18.4 Å². The number of para-hydroxylation sites is 2. The fraction of sp³-hybridized carbons (Fsp3) is 0.100. The highest BCUT2D eigenvalue weighted by Gasteiger charge is 2.27. The van der Waals surface area contributed by atoms with Crippen LogP contribution < -0.4 is 10.4 Å². The van der Waals surface area contributed by atoms with Crippen LogP contribution in [0.2, 0.25) is 0 Å². The average molecular weight is 350 g/mol. The first kappa shape index (κ1) is 16.0. The number of hydrogen-bond acceptors (Lipinski definition) is 6. The zero-order valence-electron chi connectivity index (χ0n) is 13.6. The molecule has 0 bridgehead atoms. The lowest BCUT2D eigenvalue weighted by molar-refractivity contribution is -0.130. The van der Waals surface area contributed by atoms with Crippen molar-refractivity contribution in [2.45, 2.75) is 12.8 Å². The van der Waals surface area contributed by atoms with E-state index < -0.39 is 11.6 Å². The predicted octanol–water partition coefficient (Wildman–Crippen LogP) is 3.01. The van der Waals surface area contributed by atoms with Crippen molar-refractivity contribution in [2.24, 2.45) is 0 Å². The topological polar surface area (TPSA) is 97.0 Å². The smallest absolute Gasteiger partial charge is 0.343 e. The van der Waals surface area contributed by atoms with Gasteiger partial charge in [-0.05, 0) is 18.2 Å². The maximum atomic E-state index is 12.4. The van der Waals surface area contributed by atoms with Crippen LogP contribution in [0, 0.1) is 0 Å². The highest BCUT2D eigenvalue weighted by atomic mass is 16.5. The van der Waals surface area contributed by atoms with Gasteiger partial charge in [0.25, 0.3) is 0 Å². The Labute approximate surface area is 147 Å². The molecule has 130 valence electrons. The van der Waals surface area contributed by atoms with E-state index in [2.05, 4.69) is 0 Å². The Morgan fingerprint density at radius 3 is 2.54 bits per heavy atom. The summed E-state index contributed by atoms with van der Waals surface area (Å²) in [6, 6.07) is 13.4. The number of hydrogen-bond donors (Lipinski definition) is 2. The Morgan fingerprint density at radius 2 is 1.69 bits per heavy atom. The third-order valence-electron chi connectivity index (χ3n) is 4.36. The van der Waals surface area contributed by atoms with Crippen molar-refractivity contribution in [2.75, 3.05) is 0 Å². The van der Waals surface area contributed by atoms with E-state index in [-0.39, 0.29) is 41.1 Å². The summed E-state index contributed by atoms with van der Waals surface area (Å²) in [5, 5.41) is 21.2. The Bertz CT molecular complexity index is 1120. The molecule has 0 fully saturated rings. The Morgan fingerprint density at radius 1 is 0.962 bits per heavy atom. The van der Waals surface area contributed by atoms with Crippen LogP contribution in [0.3, 0.4) is 0 Å². The van der Waals surface area contributed by atoms with Crippen LogP contribution >= 0.6 is 0 Å². The van der Waals surface area contributed by atoms with Gasteiger partial charge < -0.3 is 19.4 Å². The largest absolute Gasteiger partial charge is 0.511 e. The van der Waals surface area contributed by atoms with E-state index in [1.54, 1.807) is 48.5 Å². The summed E-state index contributed by atoms with van der Waals surface area (Å²) in [7, 11) is 0. The lowest BCUT2D eigenvalue weighted by atomic mass is 10.0. The average Bonchev–Trinajstić information content (AvgIpc) is 2.74. The van der Waals surface area contributed by atoms with Crippen LogP contribution in [-0.4, -0.2) is 16.2 Å². The third kappa shape index (κ3) is 2.61. The number of carbonyl (C=O) groups is 1. The van der Waals surface area contributed by atoms with E-state index >= 15 is 0 Å². The van der Waals surface area contributed by atoms with Crippen molar-refractivity contribution >= 4 is 16.9 Å². The lowest BCUT2D eigenvalue weighted by Gasteiger charge is -2.09. The molecule has 1 aromatic heterocycles. The number of fused-ring (bicyclic) bond motifs is 2. The van der Waals surface area contributed by atoms with E-state index in [0.717, 1.165) is 0 Å². The first-order chi connectivity index (χ1) is 12.5. The summed E-state index contributed by atoms with van der Waals surface area (Å²) < 4.78 is 10.5. The van der Waals surface area contributed by atoms with Gasteiger partial charge in [-0.1, -0.05) is 30.3 Å². The molecule has 6 heteroatoms. The minimum absolute atomic E-state index is 0.0842. The van der Waals surface area contributed by atoms with Crippen LogP contribution in [0.4, 0.5) is 0 Å². The van der Waals surface area contributed by atoms with Gasteiger partial charge in [-0.2, -0.15) is 0 Å². The predicted molar refractivity (Wildman–Crippen MR) is 93.3 cm³/mol. The van der Waals surface area contributed by atoms with Gasteiger partial charge in [-0.25, -0.2) is 9.59 Å². The molecule has 0 unspecified atom stereocenters. The van der Waals surface area contributed by atoms with Crippen molar-refractivity contribution in [1.82, 2.24) is 0 Å². The molecule has 0 aliphatic carbocycles. The highest BCUT2D eigenvalue weighted by Crippen LogP contribution is 2.31. The van der Waals surface area contributed by atoms with Crippen molar-refractivity contribution < 1.29 is 24.2 Å². The van der Waals surface area contributed by atoms with Gasteiger partial charge in [-0.3, -0.25) is 0 Å². The molecule has 0 amide bonds. The molecular weight excluding hydrogens is 336 g/mol. The summed E-state index contributed by atoms with van der Waals surface area (Å²) in [6.07, 6.45) is -0.200.